The minimum atomic E-state index is 0.132. The van der Waals surface area contributed by atoms with Crippen molar-refractivity contribution in [1.29, 1.82) is 0 Å². The summed E-state index contributed by atoms with van der Waals surface area (Å²) in [5.41, 5.74) is 1.48. The Morgan fingerprint density at radius 2 is 2.12 bits per heavy atom. The van der Waals surface area contributed by atoms with Gasteiger partial charge in [-0.1, -0.05) is 28.8 Å². The second-order valence-electron chi connectivity index (χ2n) is 5.01. The lowest BCUT2D eigenvalue weighted by Gasteiger charge is -2.27. The maximum atomic E-state index is 11.8. The van der Waals surface area contributed by atoms with Gasteiger partial charge in [0.05, 0.1) is 0 Å². The SMILES string of the molecule is Cc1ccn(CC2(CBr)CCCC2)c(=O)c1. The maximum absolute atomic E-state index is 11.8. The molecule has 16 heavy (non-hydrogen) atoms. The van der Waals surface area contributed by atoms with Crippen LogP contribution in [0.4, 0.5) is 0 Å². The molecule has 1 aliphatic carbocycles. The molecule has 1 aliphatic rings. The molecule has 0 spiro atoms. The van der Waals surface area contributed by atoms with Gasteiger partial charge < -0.3 is 4.57 Å². The number of pyridine rings is 1. The number of hydrogen-bond donors (Lipinski definition) is 0. The molecular weight excluding hydrogens is 266 g/mol. The van der Waals surface area contributed by atoms with Gasteiger partial charge in [0.2, 0.25) is 0 Å². The molecule has 3 heteroatoms. The van der Waals surface area contributed by atoms with Crippen molar-refractivity contribution in [2.45, 2.75) is 39.2 Å². The normalized spacial score (nSPS) is 18.9. The molecule has 0 bridgehead atoms. The Morgan fingerprint density at radius 3 is 2.69 bits per heavy atom. The van der Waals surface area contributed by atoms with E-state index < -0.39 is 0 Å². The Hall–Kier alpha value is -0.570. The van der Waals surface area contributed by atoms with E-state index >= 15 is 0 Å². The molecule has 0 saturated heterocycles. The van der Waals surface area contributed by atoms with Gasteiger partial charge in [-0.15, -0.1) is 0 Å². The molecule has 1 aromatic heterocycles. The lowest BCUT2D eigenvalue weighted by Crippen LogP contribution is -2.31. The van der Waals surface area contributed by atoms with Crippen molar-refractivity contribution in [3.05, 3.63) is 34.2 Å². The van der Waals surface area contributed by atoms with E-state index in [0.717, 1.165) is 17.4 Å². The minimum absolute atomic E-state index is 0.132. The zero-order valence-electron chi connectivity index (χ0n) is 9.71. The van der Waals surface area contributed by atoms with E-state index in [0.29, 0.717) is 5.41 Å². The summed E-state index contributed by atoms with van der Waals surface area (Å²) in [5.74, 6) is 0. The number of aryl methyl sites for hydroxylation is 1. The molecule has 0 aromatic carbocycles. The number of halogens is 1. The second-order valence-corrected chi connectivity index (χ2v) is 5.57. The second kappa shape index (κ2) is 4.74. The van der Waals surface area contributed by atoms with Gasteiger partial charge in [0, 0.05) is 24.1 Å². The van der Waals surface area contributed by atoms with Crippen LogP contribution in [0.2, 0.25) is 0 Å². The van der Waals surface area contributed by atoms with Gasteiger partial charge in [-0.3, -0.25) is 4.79 Å². The number of aromatic nitrogens is 1. The number of alkyl halides is 1. The van der Waals surface area contributed by atoms with E-state index in [-0.39, 0.29) is 5.56 Å². The Bertz CT molecular complexity index is 418. The van der Waals surface area contributed by atoms with Crippen LogP contribution in [0, 0.1) is 12.3 Å². The van der Waals surface area contributed by atoms with Gasteiger partial charge in [-0.05, 0) is 36.8 Å². The third kappa shape index (κ3) is 2.40. The Labute approximate surface area is 105 Å². The maximum Gasteiger partial charge on any atom is 0.250 e. The first-order valence-electron chi connectivity index (χ1n) is 5.88. The summed E-state index contributed by atoms with van der Waals surface area (Å²) in [6.45, 7) is 2.82. The summed E-state index contributed by atoms with van der Waals surface area (Å²) >= 11 is 3.61. The lowest BCUT2D eigenvalue weighted by molar-refractivity contribution is 0.288. The zero-order chi connectivity index (χ0) is 11.6. The summed E-state index contributed by atoms with van der Waals surface area (Å²) in [6, 6.07) is 3.73. The van der Waals surface area contributed by atoms with Gasteiger partial charge in [0.15, 0.2) is 0 Å². The third-order valence-corrected chi connectivity index (χ3v) is 4.79. The molecule has 0 N–H and O–H groups in total. The van der Waals surface area contributed by atoms with Crippen LogP contribution in [0.25, 0.3) is 0 Å². The largest absolute Gasteiger partial charge is 0.315 e. The van der Waals surface area contributed by atoms with Crippen molar-refractivity contribution in [2.24, 2.45) is 5.41 Å². The Kier molecular flexibility index (Phi) is 3.53. The Morgan fingerprint density at radius 1 is 1.44 bits per heavy atom. The molecule has 0 aliphatic heterocycles. The Balaban J connectivity index is 2.22. The summed E-state index contributed by atoms with van der Waals surface area (Å²) in [5, 5.41) is 1.00. The fourth-order valence-electron chi connectivity index (χ4n) is 2.56. The predicted molar refractivity (Wildman–Crippen MR) is 70.1 cm³/mol. The van der Waals surface area contributed by atoms with Crippen molar-refractivity contribution in [3.63, 3.8) is 0 Å². The van der Waals surface area contributed by atoms with Crippen molar-refractivity contribution in [3.8, 4) is 0 Å². The molecule has 88 valence electrons. The predicted octanol–water partition coefficient (Wildman–Crippen LogP) is 3.11. The van der Waals surface area contributed by atoms with Crippen LogP contribution in [-0.2, 0) is 6.54 Å². The van der Waals surface area contributed by atoms with Gasteiger partial charge in [-0.25, -0.2) is 0 Å². The molecule has 1 heterocycles. The monoisotopic (exact) mass is 283 g/mol. The van der Waals surface area contributed by atoms with Crippen molar-refractivity contribution in [2.75, 3.05) is 5.33 Å². The molecule has 1 aromatic rings. The lowest BCUT2D eigenvalue weighted by atomic mass is 9.88. The van der Waals surface area contributed by atoms with Gasteiger partial charge in [-0.2, -0.15) is 0 Å². The fourth-order valence-corrected chi connectivity index (χ4v) is 3.30. The number of nitrogens with zero attached hydrogens (tertiary/aromatic N) is 1. The first-order valence-corrected chi connectivity index (χ1v) is 7.00. The van der Waals surface area contributed by atoms with E-state index in [1.54, 1.807) is 6.07 Å². The minimum Gasteiger partial charge on any atom is -0.315 e. The molecule has 0 atom stereocenters. The zero-order valence-corrected chi connectivity index (χ0v) is 11.3. The van der Waals surface area contributed by atoms with Crippen LogP contribution in [-0.4, -0.2) is 9.90 Å². The van der Waals surface area contributed by atoms with Crippen LogP contribution in [0.3, 0.4) is 0 Å². The van der Waals surface area contributed by atoms with Crippen LogP contribution >= 0.6 is 15.9 Å². The quantitative estimate of drug-likeness (QED) is 0.782. The van der Waals surface area contributed by atoms with Crippen LogP contribution in [0.1, 0.15) is 31.2 Å². The molecule has 2 nitrogen and oxygen atoms in total. The first-order chi connectivity index (χ1) is 7.65. The average Bonchev–Trinajstić information content (AvgIpc) is 2.72. The molecule has 1 saturated carbocycles. The van der Waals surface area contributed by atoms with Gasteiger partial charge in [0.1, 0.15) is 0 Å². The van der Waals surface area contributed by atoms with Crippen molar-refractivity contribution < 1.29 is 0 Å². The highest BCUT2D eigenvalue weighted by Crippen LogP contribution is 2.40. The topological polar surface area (TPSA) is 22.0 Å². The molecule has 0 radical (unpaired) electrons. The third-order valence-electron chi connectivity index (χ3n) is 3.61. The first kappa shape index (κ1) is 11.9. The highest BCUT2D eigenvalue weighted by molar-refractivity contribution is 9.09. The van der Waals surface area contributed by atoms with Crippen molar-refractivity contribution in [1.82, 2.24) is 4.57 Å². The molecule has 0 amide bonds. The molecule has 1 fully saturated rings. The molecule has 0 unspecified atom stereocenters. The van der Waals surface area contributed by atoms with Crippen LogP contribution < -0.4 is 5.56 Å². The summed E-state index contributed by atoms with van der Waals surface area (Å²) < 4.78 is 1.86. The van der Waals surface area contributed by atoms with Crippen LogP contribution in [0.5, 0.6) is 0 Å². The molecule has 2 rings (SSSR count). The number of hydrogen-bond acceptors (Lipinski definition) is 1. The van der Waals surface area contributed by atoms with Crippen molar-refractivity contribution >= 4 is 15.9 Å². The standard InChI is InChI=1S/C13H18BrNO/c1-11-4-7-15(12(16)8-11)10-13(9-14)5-2-3-6-13/h4,7-8H,2-3,5-6,9-10H2,1H3. The summed E-state index contributed by atoms with van der Waals surface area (Å²) in [7, 11) is 0. The van der Waals surface area contributed by atoms with E-state index in [1.165, 1.54) is 25.7 Å². The van der Waals surface area contributed by atoms with E-state index in [4.69, 9.17) is 0 Å². The van der Waals surface area contributed by atoms with E-state index in [1.807, 2.05) is 23.8 Å². The van der Waals surface area contributed by atoms with Crippen LogP contribution in [0.15, 0.2) is 23.1 Å². The van der Waals surface area contributed by atoms with Gasteiger partial charge >= 0.3 is 0 Å². The highest BCUT2D eigenvalue weighted by Gasteiger charge is 2.33. The summed E-state index contributed by atoms with van der Waals surface area (Å²) in [6.07, 6.45) is 7.00. The van der Waals surface area contributed by atoms with E-state index in [9.17, 15) is 4.79 Å². The summed E-state index contributed by atoms with van der Waals surface area (Å²) in [4.78, 5) is 11.8. The van der Waals surface area contributed by atoms with E-state index in [2.05, 4.69) is 15.9 Å². The highest BCUT2D eigenvalue weighted by atomic mass is 79.9. The number of rotatable bonds is 3. The molecular formula is C13H18BrNO. The smallest absolute Gasteiger partial charge is 0.250 e. The average molecular weight is 284 g/mol. The fraction of sp³-hybridized carbons (Fsp3) is 0.615. The van der Waals surface area contributed by atoms with Gasteiger partial charge in [0.25, 0.3) is 5.56 Å².